The molecule has 1 fully saturated rings. The van der Waals surface area contributed by atoms with Gasteiger partial charge in [0.25, 0.3) is 0 Å². The third kappa shape index (κ3) is 3.15. The van der Waals surface area contributed by atoms with Gasteiger partial charge in [-0.25, -0.2) is 4.98 Å². The summed E-state index contributed by atoms with van der Waals surface area (Å²) in [5.74, 6) is 1.19. The van der Waals surface area contributed by atoms with Gasteiger partial charge in [-0.15, -0.1) is 11.3 Å². The summed E-state index contributed by atoms with van der Waals surface area (Å²) in [7, 11) is 6.36. The Morgan fingerprint density at radius 1 is 1.40 bits per heavy atom. The number of rotatable bonds is 5. The van der Waals surface area contributed by atoms with Crippen molar-refractivity contribution >= 4 is 16.5 Å². The fraction of sp³-hybridized carbons (Fsp3) is 0.800. The molecule has 0 bridgehead atoms. The van der Waals surface area contributed by atoms with Gasteiger partial charge in [-0.1, -0.05) is 20.8 Å². The molecular formula is C15H28N4S. The first-order valence-corrected chi connectivity index (χ1v) is 8.31. The number of anilines is 1. The topological polar surface area (TPSA) is 31.4 Å². The quantitative estimate of drug-likeness (QED) is 0.904. The smallest absolute Gasteiger partial charge is 0.185 e. The maximum Gasteiger partial charge on any atom is 0.185 e. The Morgan fingerprint density at radius 3 is 2.60 bits per heavy atom. The van der Waals surface area contributed by atoms with E-state index in [1.165, 1.54) is 15.7 Å². The Kier molecular flexibility index (Phi) is 5.04. The van der Waals surface area contributed by atoms with Gasteiger partial charge < -0.3 is 15.1 Å². The lowest BCUT2D eigenvalue weighted by atomic mass is 10.1. The number of nitrogens with zero attached hydrogens (tertiary/aromatic N) is 3. The Morgan fingerprint density at radius 2 is 2.10 bits per heavy atom. The Bertz CT molecular complexity index is 441. The van der Waals surface area contributed by atoms with E-state index in [4.69, 9.17) is 4.98 Å². The molecule has 0 spiro atoms. The molecule has 20 heavy (non-hydrogen) atoms. The molecule has 0 aliphatic carbocycles. The minimum absolute atomic E-state index is 0.494. The van der Waals surface area contributed by atoms with E-state index in [0.29, 0.717) is 17.9 Å². The van der Waals surface area contributed by atoms with Gasteiger partial charge in [0.15, 0.2) is 5.13 Å². The molecule has 2 heterocycles. The van der Waals surface area contributed by atoms with Crippen molar-refractivity contribution in [3.05, 3.63) is 10.6 Å². The van der Waals surface area contributed by atoms with E-state index in [2.05, 4.69) is 50.0 Å². The van der Waals surface area contributed by atoms with E-state index in [0.717, 1.165) is 19.6 Å². The van der Waals surface area contributed by atoms with Crippen LogP contribution < -0.4 is 10.2 Å². The molecular weight excluding hydrogens is 268 g/mol. The molecule has 5 heteroatoms. The van der Waals surface area contributed by atoms with Crippen LogP contribution in [0.3, 0.4) is 0 Å². The van der Waals surface area contributed by atoms with Crippen LogP contribution in [-0.2, 0) is 6.54 Å². The highest BCUT2D eigenvalue weighted by molar-refractivity contribution is 7.15. The zero-order chi connectivity index (χ0) is 14.9. The Balaban J connectivity index is 2.19. The van der Waals surface area contributed by atoms with Gasteiger partial charge in [-0.05, 0) is 33.0 Å². The number of hydrogen-bond acceptors (Lipinski definition) is 5. The number of likely N-dealkylation sites (N-methyl/N-ethyl adjacent to an activating group) is 1. The van der Waals surface area contributed by atoms with Crippen molar-refractivity contribution < 1.29 is 0 Å². The monoisotopic (exact) mass is 296 g/mol. The second-order valence-electron chi connectivity index (χ2n) is 6.40. The van der Waals surface area contributed by atoms with Gasteiger partial charge in [0.05, 0.1) is 5.69 Å². The van der Waals surface area contributed by atoms with E-state index < -0.39 is 0 Å². The molecule has 114 valence electrons. The molecule has 2 rings (SSSR count). The normalized spacial score (nSPS) is 23.3. The SMILES string of the molecule is CNCc1sc(N2CC(C)C(N(C)C)C2)nc1C(C)C. The lowest BCUT2D eigenvalue weighted by Crippen LogP contribution is -2.34. The van der Waals surface area contributed by atoms with E-state index in [-0.39, 0.29) is 0 Å². The highest BCUT2D eigenvalue weighted by Gasteiger charge is 2.33. The van der Waals surface area contributed by atoms with Crippen molar-refractivity contribution in [1.82, 2.24) is 15.2 Å². The van der Waals surface area contributed by atoms with Crippen LogP contribution in [0.4, 0.5) is 5.13 Å². The first kappa shape index (κ1) is 15.7. The van der Waals surface area contributed by atoms with Gasteiger partial charge in [0.1, 0.15) is 0 Å². The lowest BCUT2D eigenvalue weighted by Gasteiger charge is -2.22. The summed E-state index contributed by atoms with van der Waals surface area (Å²) in [6.45, 7) is 9.94. The molecule has 2 unspecified atom stereocenters. The molecule has 1 N–H and O–H groups in total. The summed E-state index contributed by atoms with van der Waals surface area (Å²) in [4.78, 5) is 11.1. The third-order valence-electron chi connectivity index (χ3n) is 4.11. The molecule has 0 amide bonds. The van der Waals surface area contributed by atoms with Crippen molar-refractivity contribution in [1.29, 1.82) is 0 Å². The Hall–Kier alpha value is -0.650. The predicted octanol–water partition coefficient (Wildman–Crippen LogP) is 2.37. The standard InChI is InChI=1S/C15H28N4S/c1-10(2)14-13(7-16-4)20-15(17-14)19-8-11(3)12(9-19)18(5)6/h10-12,16H,7-9H2,1-6H3. The van der Waals surface area contributed by atoms with E-state index in [1.807, 2.05) is 18.4 Å². The second-order valence-corrected chi connectivity index (χ2v) is 7.47. The molecule has 0 radical (unpaired) electrons. The van der Waals surface area contributed by atoms with Gasteiger partial charge in [0.2, 0.25) is 0 Å². The maximum absolute atomic E-state index is 4.92. The van der Waals surface area contributed by atoms with Crippen molar-refractivity contribution in [2.24, 2.45) is 5.92 Å². The minimum Gasteiger partial charge on any atom is -0.346 e. The van der Waals surface area contributed by atoms with E-state index >= 15 is 0 Å². The summed E-state index contributed by atoms with van der Waals surface area (Å²) in [6, 6.07) is 0.633. The number of thiazole rings is 1. The number of nitrogens with one attached hydrogen (secondary N) is 1. The molecule has 1 aliphatic heterocycles. The molecule has 1 aliphatic rings. The number of hydrogen-bond donors (Lipinski definition) is 1. The first-order chi connectivity index (χ1) is 9.43. The molecule has 0 saturated carbocycles. The van der Waals surface area contributed by atoms with E-state index in [1.54, 1.807) is 0 Å². The average Bonchev–Trinajstić information content (AvgIpc) is 2.93. The van der Waals surface area contributed by atoms with Gasteiger partial charge in [-0.3, -0.25) is 0 Å². The van der Waals surface area contributed by atoms with Crippen LogP contribution >= 0.6 is 11.3 Å². The van der Waals surface area contributed by atoms with Crippen LogP contribution in [0.1, 0.15) is 37.3 Å². The predicted molar refractivity (Wildman–Crippen MR) is 87.8 cm³/mol. The van der Waals surface area contributed by atoms with Crippen LogP contribution in [0, 0.1) is 5.92 Å². The van der Waals surface area contributed by atoms with Crippen LogP contribution in [0.5, 0.6) is 0 Å². The zero-order valence-corrected chi connectivity index (χ0v) is 14.4. The van der Waals surface area contributed by atoms with Crippen molar-refractivity contribution in [3.8, 4) is 0 Å². The molecule has 1 aromatic rings. The zero-order valence-electron chi connectivity index (χ0n) is 13.6. The first-order valence-electron chi connectivity index (χ1n) is 7.49. The van der Waals surface area contributed by atoms with Crippen molar-refractivity contribution in [2.75, 3.05) is 39.1 Å². The molecule has 1 saturated heterocycles. The fourth-order valence-electron chi connectivity index (χ4n) is 3.00. The van der Waals surface area contributed by atoms with Crippen LogP contribution in [0.25, 0.3) is 0 Å². The van der Waals surface area contributed by atoms with Gasteiger partial charge in [-0.2, -0.15) is 0 Å². The van der Waals surface area contributed by atoms with Crippen LogP contribution in [0.15, 0.2) is 0 Å². The molecule has 0 aromatic carbocycles. The average molecular weight is 296 g/mol. The van der Waals surface area contributed by atoms with Gasteiger partial charge in [0, 0.05) is 30.6 Å². The third-order valence-corrected chi connectivity index (χ3v) is 5.24. The van der Waals surface area contributed by atoms with Crippen LogP contribution in [-0.4, -0.2) is 50.2 Å². The van der Waals surface area contributed by atoms with Crippen molar-refractivity contribution in [3.63, 3.8) is 0 Å². The minimum atomic E-state index is 0.494. The van der Waals surface area contributed by atoms with Crippen molar-refractivity contribution in [2.45, 2.75) is 39.3 Å². The fourth-order valence-corrected chi connectivity index (χ4v) is 4.25. The van der Waals surface area contributed by atoms with Gasteiger partial charge >= 0.3 is 0 Å². The largest absolute Gasteiger partial charge is 0.346 e. The number of aromatic nitrogens is 1. The highest BCUT2D eigenvalue weighted by Crippen LogP contribution is 2.34. The molecule has 4 nitrogen and oxygen atoms in total. The summed E-state index contributed by atoms with van der Waals surface area (Å²) in [5.41, 5.74) is 1.26. The summed E-state index contributed by atoms with van der Waals surface area (Å²) in [6.07, 6.45) is 0. The van der Waals surface area contributed by atoms with Crippen LogP contribution in [0.2, 0.25) is 0 Å². The summed E-state index contributed by atoms with van der Waals surface area (Å²) >= 11 is 1.86. The summed E-state index contributed by atoms with van der Waals surface area (Å²) in [5, 5.41) is 4.47. The molecule has 1 aromatic heterocycles. The molecule has 2 atom stereocenters. The van der Waals surface area contributed by atoms with E-state index in [9.17, 15) is 0 Å². The highest BCUT2D eigenvalue weighted by atomic mass is 32.1. The summed E-state index contributed by atoms with van der Waals surface area (Å²) < 4.78 is 0. The lowest BCUT2D eigenvalue weighted by molar-refractivity contribution is 0.266. The Labute approximate surface area is 127 Å². The maximum atomic E-state index is 4.92. The second kappa shape index (κ2) is 6.41.